The standard InChI is InChI=1S/C13H21N3S/c1-3-10(2)11-9-17-13(14-11)12-8-15-4-6-16(12)7-5-15/h9-10,12H,3-8H2,1-2H3. The van der Waals surface area contributed by atoms with E-state index in [-0.39, 0.29) is 0 Å². The smallest absolute Gasteiger partial charge is 0.111 e. The minimum atomic E-state index is 0.570. The first-order valence-corrected chi connectivity index (χ1v) is 7.57. The SMILES string of the molecule is CCC(C)c1csc(C2CN3CCN2CC3)n1. The first kappa shape index (κ1) is 11.6. The highest BCUT2D eigenvalue weighted by atomic mass is 32.1. The largest absolute Gasteiger partial charge is 0.299 e. The van der Waals surface area contributed by atoms with Gasteiger partial charge in [0, 0.05) is 38.1 Å². The summed E-state index contributed by atoms with van der Waals surface area (Å²) in [4.78, 5) is 10.1. The van der Waals surface area contributed by atoms with E-state index < -0.39 is 0 Å². The molecule has 0 N–H and O–H groups in total. The average Bonchev–Trinajstić information content (AvgIpc) is 2.88. The van der Waals surface area contributed by atoms with Crippen molar-refractivity contribution in [2.45, 2.75) is 32.2 Å². The van der Waals surface area contributed by atoms with Crippen molar-refractivity contribution in [3.63, 3.8) is 0 Å². The number of hydrogen-bond acceptors (Lipinski definition) is 4. The average molecular weight is 251 g/mol. The number of piperazine rings is 3. The Bertz CT molecular complexity index is 382. The Morgan fingerprint density at radius 3 is 2.76 bits per heavy atom. The summed E-state index contributed by atoms with van der Waals surface area (Å²) in [5.74, 6) is 0.607. The molecule has 3 fully saturated rings. The predicted octanol–water partition coefficient (Wildman–Crippen LogP) is 2.33. The van der Waals surface area contributed by atoms with E-state index in [1.54, 1.807) is 0 Å². The van der Waals surface area contributed by atoms with Gasteiger partial charge in [-0.15, -0.1) is 11.3 Å². The predicted molar refractivity (Wildman–Crippen MR) is 71.6 cm³/mol. The minimum Gasteiger partial charge on any atom is -0.299 e. The number of rotatable bonds is 3. The molecule has 3 aliphatic rings. The van der Waals surface area contributed by atoms with Gasteiger partial charge in [-0.25, -0.2) is 4.98 Å². The maximum atomic E-state index is 4.87. The van der Waals surface area contributed by atoms with Crippen LogP contribution in [0.4, 0.5) is 0 Å². The summed E-state index contributed by atoms with van der Waals surface area (Å²) >= 11 is 1.86. The molecule has 0 aliphatic carbocycles. The van der Waals surface area contributed by atoms with E-state index in [1.807, 2.05) is 11.3 Å². The Kier molecular flexibility index (Phi) is 3.19. The van der Waals surface area contributed by atoms with Crippen LogP contribution in [-0.2, 0) is 0 Å². The molecule has 2 unspecified atom stereocenters. The molecule has 3 nitrogen and oxygen atoms in total. The molecular weight excluding hydrogens is 230 g/mol. The quantitative estimate of drug-likeness (QED) is 0.822. The number of hydrogen-bond donors (Lipinski definition) is 0. The van der Waals surface area contributed by atoms with Gasteiger partial charge in [-0.2, -0.15) is 0 Å². The van der Waals surface area contributed by atoms with Gasteiger partial charge >= 0.3 is 0 Å². The third kappa shape index (κ3) is 2.14. The Labute approximate surface area is 107 Å². The maximum absolute atomic E-state index is 4.87. The van der Waals surface area contributed by atoms with Gasteiger partial charge in [-0.05, 0) is 12.3 Å². The van der Waals surface area contributed by atoms with Crippen molar-refractivity contribution in [2.24, 2.45) is 0 Å². The van der Waals surface area contributed by atoms with Crippen molar-refractivity contribution >= 4 is 11.3 Å². The molecule has 0 amide bonds. The van der Waals surface area contributed by atoms with Crippen molar-refractivity contribution in [3.8, 4) is 0 Å². The zero-order chi connectivity index (χ0) is 11.8. The Balaban J connectivity index is 1.78. The van der Waals surface area contributed by atoms with Crippen LogP contribution in [0.15, 0.2) is 5.38 Å². The van der Waals surface area contributed by atoms with E-state index in [1.165, 1.54) is 49.8 Å². The molecule has 4 heteroatoms. The normalized spacial score (nSPS) is 33.9. The highest BCUT2D eigenvalue weighted by molar-refractivity contribution is 7.09. The summed E-state index contributed by atoms with van der Waals surface area (Å²) in [5.41, 5.74) is 1.30. The minimum absolute atomic E-state index is 0.570. The van der Waals surface area contributed by atoms with Crippen molar-refractivity contribution in [1.29, 1.82) is 0 Å². The fourth-order valence-electron chi connectivity index (χ4n) is 2.74. The van der Waals surface area contributed by atoms with Gasteiger partial charge in [0.25, 0.3) is 0 Å². The van der Waals surface area contributed by atoms with Gasteiger partial charge < -0.3 is 0 Å². The number of fused-ring (bicyclic) bond motifs is 3. The van der Waals surface area contributed by atoms with Crippen LogP contribution < -0.4 is 0 Å². The molecule has 94 valence electrons. The second-order valence-corrected chi connectivity index (χ2v) is 6.16. The lowest BCUT2D eigenvalue weighted by molar-refractivity contribution is 0.0122. The van der Waals surface area contributed by atoms with Crippen LogP contribution >= 0.6 is 11.3 Å². The highest BCUT2D eigenvalue weighted by Gasteiger charge is 2.34. The van der Waals surface area contributed by atoms with Gasteiger partial charge in [0.2, 0.25) is 0 Å². The van der Waals surface area contributed by atoms with Crippen molar-refractivity contribution in [3.05, 3.63) is 16.1 Å². The third-order valence-corrected chi connectivity index (χ3v) is 5.19. The van der Waals surface area contributed by atoms with Crippen LogP contribution in [0.5, 0.6) is 0 Å². The van der Waals surface area contributed by atoms with Gasteiger partial charge in [-0.1, -0.05) is 13.8 Å². The molecule has 0 aromatic carbocycles. The molecule has 0 spiro atoms. The summed E-state index contributed by atoms with van der Waals surface area (Å²) in [6.45, 7) is 10.6. The highest BCUT2D eigenvalue weighted by Crippen LogP contribution is 2.32. The molecule has 1 aromatic rings. The van der Waals surface area contributed by atoms with Gasteiger partial charge in [0.15, 0.2) is 0 Å². The van der Waals surface area contributed by atoms with E-state index in [0.29, 0.717) is 12.0 Å². The fourth-order valence-corrected chi connectivity index (χ4v) is 3.81. The molecule has 3 aliphatic heterocycles. The number of aromatic nitrogens is 1. The lowest BCUT2D eigenvalue weighted by atomic mass is 10.1. The molecule has 2 bridgehead atoms. The van der Waals surface area contributed by atoms with Crippen LogP contribution in [0.3, 0.4) is 0 Å². The van der Waals surface area contributed by atoms with Crippen LogP contribution in [0.25, 0.3) is 0 Å². The van der Waals surface area contributed by atoms with E-state index in [4.69, 9.17) is 4.98 Å². The summed E-state index contributed by atoms with van der Waals surface area (Å²) in [6.07, 6.45) is 1.18. The molecule has 1 aromatic heterocycles. The molecule has 4 rings (SSSR count). The first-order chi connectivity index (χ1) is 8.28. The Hall–Kier alpha value is -0.450. The summed E-state index contributed by atoms with van der Waals surface area (Å²) in [6, 6.07) is 0.570. The Morgan fingerprint density at radius 2 is 2.18 bits per heavy atom. The molecule has 3 saturated heterocycles. The fraction of sp³-hybridized carbons (Fsp3) is 0.769. The van der Waals surface area contributed by atoms with Crippen LogP contribution in [0.1, 0.15) is 42.9 Å². The Morgan fingerprint density at radius 1 is 1.41 bits per heavy atom. The lowest BCUT2D eigenvalue weighted by Gasteiger charge is -2.46. The molecule has 0 saturated carbocycles. The summed E-state index contributed by atoms with van der Waals surface area (Å²) in [7, 11) is 0. The van der Waals surface area contributed by atoms with E-state index in [0.717, 1.165) is 0 Å². The second kappa shape index (κ2) is 4.67. The van der Waals surface area contributed by atoms with Crippen molar-refractivity contribution < 1.29 is 0 Å². The molecular formula is C13H21N3S. The van der Waals surface area contributed by atoms with Crippen LogP contribution in [-0.4, -0.2) is 47.5 Å². The summed E-state index contributed by atoms with van der Waals surface area (Å²) in [5, 5.41) is 3.60. The van der Waals surface area contributed by atoms with Gasteiger partial charge in [0.1, 0.15) is 5.01 Å². The first-order valence-electron chi connectivity index (χ1n) is 6.69. The van der Waals surface area contributed by atoms with Gasteiger partial charge in [-0.3, -0.25) is 9.80 Å². The molecule has 2 atom stereocenters. The molecule has 4 heterocycles. The third-order valence-electron chi connectivity index (χ3n) is 4.22. The zero-order valence-electron chi connectivity index (χ0n) is 10.7. The van der Waals surface area contributed by atoms with Crippen molar-refractivity contribution in [1.82, 2.24) is 14.8 Å². The van der Waals surface area contributed by atoms with E-state index in [9.17, 15) is 0 Å². The number of nitrogens with zero attached hydrogens (tertiary/aromatic N) is 3. The topological polar surface area (TPSA) is 19.4 Å². The lowest BCUT2D eigenvalue weighted by Crippen LogP contribution is -2.56. The molecule has 0 radical (unpaired) electrons. The second-order valence-electron chi connectivity index (χ2n) is 5.27. The monoisotopic (exact) mass is 251 g/mol. The molecule has 17 heavy (non-hydrogen) atoms. The zero-order valence-corrected chi connectivity index (χ0v) is 11.5. The maximum Gasteiger partial charge on any atom is 0.111 e. The van der Waals surface area contributed by atoms with E-state index >= 15 is 0 Å². The number of thiazole rings is 1. The van der Waals surface area contributed by atoms with Crippen LogP contribution in [0, 0.1) is 0 Å². The summed E-state index contributed by atoms with van der Waals surface area (Å²) < 4.78 is 0. The van der Waals surface area contributed by atoms with Crippen LogP contribution in [0.2, 0.25) is 0 Å². The van der Waals surface area contributed by atoms with E-state index in [2.05, 4.69) is 29.0 Å². The van der Waals surface area contributed by atoms with Gasteiger partial charge in [0.05, 0.1) is 11.7 Å². The van der Waals surface area contributed by atoms with Crippen molar-refractivity contribution in [2.75, 3.05) is 32.7 Å².